The monoisotopic (exact) mass is 600 g/mol. The highest BCUT2D eigenvalue weighted by Crippen LogP contribution is 2.42. The van der Waals surface area contributed by atoms with Gasteiger partial charge in [0, 0.05) is 24.6 Å². The predicted octanol–water partition coefficient (Wildman–Crippen LogP) is 4.24. The number of thioether (sulfide) groups is 1. The van der Waals surface area contributed by atoms with Crippen LogP contribution in [0.15, 0.2) is 83.1 Å². The molecule has 0 saturated carbocycles. The van der Waals surface area contributed by atoms with Crippen LogP contribution in [0.2, 0.25) is 0 Å². The Morgan fingerprint density at radius 2 is 1.70 bits per heavy atom. The summed E-state index contributed by atoms with van der Waals surface area (Å²) in [5, 5.41) is 18.2. The first-order valence-corrected chi connectivity index (χ1v) is 14.5. The van der Waals surface area contributed by atoms with Crippen LogP contribution in [0.3, 0.4) is 0 Å². The van der Waals surface area contributed by atoms with Crippen molar-refractivity contribution in [2.45, 2.75) is 24.2 Å². The number of aromatic nitrogens is 3. The summed E-state index contributed by atoms with van der Waals surface area (Å²) in [4.78, 5) is 26.1. The lowest BCUT2D eigenvalue weighted by molar-refractivity contribution is -0.130. The smallest absolute Gasteiger partial charge is 0.253 e. The van der Waals surface area contributed by atoms with Crippen molar-refractivity contribution in [2.75, 3.05) is 27.1 Å². The third-order valence-corrected chi connectivity index (χ3v) is 8.08. The first-order valence-electron chi connectivity index (χ1n) is 13.5. The Bertz CT molecular complexity index is 1620. The van der Waals surface area contributed by atoms with E-state index >= 15 is 0 Å². The molecule has 12 heteroatoms. The summed E-state index contributed by atoms with van der Waals surface area (Å²) < 4.78 is 18.3. The number of methoxy groups -OCH3 is 3. The molecule has 2 heterocycles. The summed E-state index contributed by atoms with van der Waals surface area (Å²) >= 11 is 1.25. The molecule has 1 aliphatic rings. The molecular formula is C31H32N6O5S. The van der Waals surface area contributed by atoms with Crippen molar-refractivity contribution >= 4 is 29.3 Å². The maximum atomic E-state index is 13.7. The second kappa shape index (κ2) is 13.4. The number of rotatable bonds is 11. The quantitative estimate of drug-likeness (QED) is 0.254. The normalized spacial score (nSPS) is 14.3. The average Bonchev–Trinajstić information content (AvgIpc) is 3.66. The molecule has 0 spiro atoms. The zero-order chi connectivity index (χ0) is 30.3. The highest BCUT2D eigenvalue weighted by Gasteiger charge is 2.35. The fraction of sp³-hybridized carbons (Fsp3) is 0.258. The Morgan fingerprint density at radius 3 is 2.40 bits per heavy atom. The van der Waals surface area contributed by atoms with Crippen LogP contribution < -0.4 is 19.5 Å². The number of para-hydroxylation sites is 1. The van der Waals surface area contributed by atoms with Crippen molar-refractivity contribution in [3.63, 3.8) is 0 Å². The van der Waals surface area contributed by atoms with Crippen LogP contribution in [-0.2, 0) is 18.4 Å². The van der Waals surface area contributed by atoms with Gasteiger partial charge in [0.2, 0.25) is 0 Å². The summed E-state index contributed by atoms with van der Waals surface area (Å²) in [5.74, 6) is 2.11. The van der Waals surface area contributed by atoms with E-state index in [1.807, 2.05) is 60.7 Å². The molecule has 11 nitrogen and oxygen atoms in total. The molecule has 0 bridgehead atoms. The standard InChI is InChI=1S/C31H32N6O5S/c1-36-27(18-32-30(39)21-9-6-5-7-10-21)33-34-31(36)43-19-28(38)37-25(23-11-8-12-26(41-3)29(23)42-4)17-24(35-37)20-13-15-22(40-2)16-14-20/h5-16,25H,17-19H2,1-4H3,(H,32,39)/t25-/m1/s1. The molecule has 1 aromatic heterocycles. The number of carbonyl (C=O) groups excluding carboxylic acids is 2. The first-order chi connectivity index (χ1) is 20.9. The number of hydrazone groups is 1. The molecule has 2 amide bonds. The predicted molar refractivity (Wildman–Crippen MR) is 163 cm³/mol. The molecule has 1 atom stereocenters. The van der Waals surface area contributed by atoms with Crippen molar-refractivity contribution < 1.29 is 23.8 Å². The number of hydrogen-bond acceptors (Lipinski definition) is 9. The lowest BCUT2D eigenvalue weighted by atomic mass is 9.97. The third kappa shape index (κ3) is 6.49. The van der Waals surface area contributed by atoms with Gasteiger partial charge in [-0.3, -0.25) is 9.59 Å². The van der Waals surface area contributed by atoms with Crippen molar-refractivity contribution in [1.82, 2.24) is 25.1 Å². The first kappa shape index (κ1) is 29.6. The van der Waals surface area contributed by atoms with Crippen molar-refractivity contribution in [3.05, 3.63) is 95.3 Å². The van der Waals surface area contributed by atoms with Crippen molar-refractivity contribution in [2.24, 2.45) is 12.1 Å². The summed E-state index contributed by atoms with van der Waals surface area (Å²) in [6.45, 7) is 0.199. The van der Waals surface area contributed by atoms with Gasteiger partial charge in [0.25, 0.3) is 11.8 Å². The van der Waals surface area contributed by atoms with Gasteiger partial charge in [0.1, 0.15) is 5.75 Å². The van der Waals surface area contributed by atoms with Gasteiger partial charge in [-0.2, -0.15) is 5.10 Å². The number of nitrogens with zero attached hydrogens (tertiary/aromatic N) is 5. The number of carbonyl (C=O) groups is 2. The molecule has 0 unspecified atom stereocenters. The van der Waals surface area contributed by atoms with Gasteiger partial charge in [-0.1, -0.05) is 42.1 Å². The second-order valence-corrected chi connectivity index (χ2v) is 10.6. The maximum absolute atomic E-state index is 13.7. The molecule has 4 aromatic rings. The number of hydrogen-bond donors (Lipinski definition) is 1. The summed E-state index contributed by atoms with van der Waals surface area (Å²) in [6, 6.07) is 21.8. The van der Waals surface area contributed by atoms with Crippen molar-refractivity contribution in [3.8, 4) is 17.2 Å². The van der Waals surface area contributed by atoms with Crippen LogP contribution in [-0.4, -0.2) is 64.4 Å². The molecule has 0 radical (unpaired) electrons. The van der Waals surface area contributed by atoms with Crippen LogP contribution in [0.25, 0.3) is 0 Å². The lowest BCUT2D eigenvalue weighted by Gasteiger charge is -2.24. The van der Waals surface area contributed by atoms with E-state index in [4.69, 9.17) is 19.3 Å². The van der Waals surface area contributed by atoms with Gasteiger partial charge in [0.15, 0.2) is 22.5 Å². The molecule has 0 aliphatic carbocycles. The van der Waals surface area contributed by atoms with Gasteiger partial charge in [-0.25, -0.2) is 5.01 Å². The van der Waals surface area contributed by atoms with Crippen LogP contribution in [0, 0.1) is 0 Å². The van der Waals surface area contributed by atoms with Gasteiger partial charge < -0.3 is 24.1 Å². The lowest BCUT2D eigenvalue weighted by Crippen LogP contribution is -2.29. The molecular weight excluding hydrogens is 568 g/mol. The Kier molecular flexibility index (Phi) is 9.26. The largest absolute Gasteiger partial charge is 0.497 e. The van der Waals surface area contributed by atoms with Crippen LogP contribution in [0.1, 0.15) is 39.8 Å². The molecule has 222 valence electrons. The number of amides is 2. The molecule has 1 aliphatic heterocycles. The van der Waals surface area contributed by atoms with Gasteiger partial charge in [-0.15, -0.1) is 10.2 Å². The molecule has 0 fully saturated rings. The molecule has 5 rings (SSSR count). The summed E-state index contributed by atoms with van der Waals surface area (Å²) in [5.41, 5.74) is 3.02. The minimum Gasteiger partial charge on any atom is -0.497 e. The third-order valence-electron chi connectivity index (χ3n) is 7.07. The van der Waals surface area contributed by atoms with E-state index in [2.05, 4.69) is 15.5 Å². The maximum Gasteiger partial charge on any atom is 0.253 e. The highest BCUT2D eigenvalue weighted by atomic mass is 32.2. The highest BCUT2D eigenvalue weighted by molar-refractivity contribution is 7.99. The topological polar surface area (TPSA) is 120 Å². The fourth-order valence-corrected chi connectivity index (χ4v) is 5.57. The Hall–Kier alpha value is -4.84. The Morgan fingerprint density at radius 1 is 0.930 bits per heavy atom. The van der Waals surface area contributed by atoms with E-state index in [0.717, 1.165) is 22.6 Å². The van der Waals surface area contributed by atoms with Gasteiger partial charge in [-0.05, 0) is 48.0 Å². The van der Waals surface area contributed by atoms with Crippen LogP contribution >= 0.6 is 11.8 Å². The van der Waals surface area contributed by atoms with E-state index in [-0.39, 0.29) is 24.1 Å². The van der Waals surface area contributed by atoms with E-state index in [1.54, 1.807) is 45.1 Å². The minimum atomic E-state index is -0.404. The van der Waals surface area contributed by atoms with Crippen molar-refractivity contribution in [1.29, 1.82) is 0 Å². The zero-order valence-corrected chi connectivity index (χ0v) is 25.1. The Balaban J connectivity index is 1.33. The minimum absolute atomic E-state index is 0.0739. The average molecular weight is 601 g/mol. The SMILES string of the molecule is COc1ccc(C2=NN(C(=O)CSc3nnc(CNC(=O)c4ccccc4)n3C)[C@@H](c3cccc(OC)c3OC)C2)cc1. The van der Waals surface area contributed by atoms with E-state index in [0.29, 0.717) is 34.5 Å². The molecule has 43 heavy (non-hydrogen) atoms. The van der Waals surface area contributed by atoms with Gasteiger partial charge in [0.05, 0.1) is 45.4 Å². The summed E-state index contributed by atoms with van der Waals surface area (Å²) in [6.07, 6.45) is 0.488. The molecule has 3 aromatic carbocycles. The number of nitrogens with one attached hydrogen (secondary N) is 1. The van der Waals surface area contributed by atoms with E-state index in [1.165, 1.54) is 16.8 Å². The van der Waals surface area contributed by atoms with Gasteiger partial charge >= 0.3 is 0 Å². The number of benzene rings is 3. The summed E-state index contributed by atoms with van der Waals surface area (Å²) in [7, 11) is 6.58. The van der Waals surface area contributed by atoms with Crippen LogP contribution in [0.5, 0.6) is 17.2 Å². The Labute approximate surface area is 253 Å². The van der Waals surface area contributed by atoms with E-state index < -0.39 is 6.04 Å². The second-order valence-electron chi connectivity index (χ2n) is 9.61. The fourth-order valence-electron chi connectivity index (χ4n) is 4.78. The molecule has 0 saturated heterocycles. The number of ether oxygens (including phenoxy) is 3. The van der Waals surface area contributed by atoms with Crippen LogP contribution in [0.4, 0.5) is 0 Å². The zero-order valence-electron chi connectivity index (χ0n) is 24.3. The van der Waals surface area contributed by atoms with E-state index in [9.17, 15) is 9.59 Å². The molecule has 1 N–H and O–H groups in total.